The highest BCUT2D eigenvalue weighted by Crippen LogP contribution is 2.43. The van der Waals surface area contributed by atoms with Crippen molar-refractivity contribution in [2.75, 3.05) is 0 Å². The highest BCUT2D eigenvalue weighted by Gasteiger charge is 2.19. The Hall–Kier alpha value is -7.63. The molecule has 7 aromatic carbocycles. The lowest BCUT2D eigenvalue weighted by Crippen LogP contribution is -1.96. The van der Waals surface area contributed by atoms with Gasteiger partial charge in [0, 0.05) is 56.2 Å². The summed E-state index contributed by atoms with van der Waals surface area (Å²) in [6.07, 6.45) is 3.66. The predicted octanol–water partition coefficient (Wildman–Crippen LogP) is 13.7. The number of fused-ring (bicyclic) bond motifs is 6. The summed E-state index contributed by atoms with van der Waals surface area (Å²) in [5, 5.41) is 4.40. The molecule has 5 heteroatoms. The lowest BCUT2D eigenvalue weighted by atomic mass is 9.93. The second kappa shape index (κ2) is 13.0. The summed E-state index contributed by atoms with van der Waals surface area (Å²) < 4.78 is 13.0. The van der Waals surface area contributed by atoms with Gasteiger partial charge >= 0.3 is 0 Å². The molecule has 0 fully saturated rings. The molecule has 0 saturated heterocycles. The zero-order valence-corrected chi connectivity index (χ0v) is 30.1. The van der Waals surface area contributed by atoms with E-state index in [4.69, 9.17) is 18.8 Å². The molecule has 5 nitrogen and oxygen atoms in total. The van der Waals surface area contributed by atoms with Gasteiger partial charge in [-0.1, -0.05) is 133 Å². The van der Waals surface area contributed by atoms with E-state index < -0.39 is 0 Å². The molecule has 56 heavy (non-hydrogen) atoms. The highest BCUT2D eigenvalue weighted by molar-refractivity contribution is 6.17. The van der Waals surface area contributed by atoms with Crippen LogP contribution in [0, 0.1) is 0 Å². The van der Waals surface area contributed by atoms with E-state index in [0.717, 1.165) is 105 Å². The summed E-state index contributed by atoms with van der Waals surface area (Å²) >= 11 is 0. The van der Waals surface area contributed by atoms with Gasteiger partial charge in [0.05, 0.1) is 11.4 Å². The largest absolute Gasteiger partial charge is 0.456 e. The predicted molar refractivity (Wildman–Crippen MR) is 227 cm³/mol. The van der Waals surface area contributed by atoms with Gasteiger partial charge in [-0.25, -0.2) is 9.97 Å². The Kier molecular flexibility index (Phi) is 7.42. The van der Waals surface area contributed by atoms with Crippen LogP contribution in [0.3, 0.4) is 0 Å². The monoisotopic (exact) mass is 717 g/mol. The van der Waals surface area contributed by atoms with Crippen molar-refractivity contribution in [3.05, 3.63) is 188 Å². The van der Waals surface area contributed by atoms with E-state index in [1.165, 1.54) is 0 Å². The van der Waals surface area contributed by atoms with Crippen LogP contribution in [0.2, 0.25) is 0 Å². The molecule has 0 unspecified atom stereocenters. The molecule has 262 valence electrons. The average molecular weight is 718 g/mol. The van der Waals surface area contributed by atoms with Gasteiger partial charge in [0.1, 0.15) is 22.3 Å². The van der Waals surface area contributed by atoms with Gasteiger partial charge < -0.3 is 8.83 Å². The van der Waals surface area contributed by atoms with Crippen molar-refractivity contribution in [1.29, 1.82) is 0 Å². The van der Waals surface area contributed by atoms with Crippen LogP contribution >= 0.6 is 0 Å². The lowest BCUT2D eigenvalue weighted by molar-refractivity contribution is 0.668. The molecule has 0 aliphatic heterocycles. The fourth-order valence-corrected chi connectivity index (χ4v) is 7.84. The topological polar surface area (TPSA) is 65.0 Å². The number of para-hydroxylation sites is 2. The van der Waals surface area contributed by atoms with Crippen LogP contribution in [0.25, 0.3) is 111 Å². The van der Waals surface area contributed by atoms with Crippen LogP contribution in [0.1, 0.15) is 0 Å². The number of benzene rings is 7. The SMILES string of the molecule is c1ccc(-c2cc(-c3ccc(-c4ccc(-c5ccc6c(c5)oc5ccccc56)c5c4oc4ccccc45)cc3)nc(-c3ccc(-c4cccnc4)cc3)n2)cc1. The molecule has 0 atom stereocenters. The Morgan fingerprint density at radius 3 is 1.71 bits per heavy atom. The van der Waals surface area contributed by atoms with Crippen molar-refractivity contribution in [3.8, 4) is 67.3 Å². The van der Waals surface area contributed by atoms with E-state index in [1.807, 2.05) is 54.7 Å². The van der Waals surface area contributed by atoms with Gasteiger partial charge in [0.2, 0.25) is 0 Å². The molecular weight excluding hydrogens is 687 g/mol. The van der Waals surface area contributed by atoms with Crippen LogP contribution in [0.4, 0.5) is 0 Å². The first kappa shape index (κ1) is 31.9. The molecule has 4 heterocycles. The van der Waals surface area contributed by atoms with Crippen molar-refractivity contribution in [2.45, 2.75) is 0 Å². The summed E-state index contributed by atoms with van der Waals surface area (Å²) in [6, 6.07) is 60.6. The maximum Gasteiger partial charge on any atom is 0.160 e. The Balaban J connectivity index is 0.998. The summed E-state index contributed by atoms with van der Waals surface area (Å²) in [4.78, 5) is 14.4. The van der Waals surface area contributed by atoms with E-state index >= 15 is 0 Å². The first-order valence-corrected chi connectivity index (χ1v) is 18.7. The third-order valence-corrected chi connectivity index (χ3v) is 10.6. The van der Waals surface area contributed by atoms with Gasteiger partial charge in [-0.3, -0.25) is 4.98 Å². The Morgan fingerprint density at radius 2 is 0.946 bits per heavy atom. The zero-order valence-electron chi connectivity index (χ0n) is 30.1. The minimum Gasteiger partial charge on any atom is -0.456 e. The van der Waals surface area contributed by atoms with Crippen LogP contribution in [0.5, 0.6) is 0 Å². The third kappa shape index (κ3) is 5.45. The minimum atomic E-state index is 0.670. The van der Waals surface area contributed by atoms with Crippen LogP contribution in [-0.2, 0) is 0 Å². The number of nitrogens with zero attached hydrogens (tertiary/aromatic N) is 3. The molecule has 0 aliphatic rings. The van der Waals surface area contributed by atoms with Crippen LogP contribution in [0.15, 0.2) is 197 Å². The van der Waals surface area contributed by atoms with E-state index in [2.05, 4.69) is 132 Å². The van der Waals surface area contributed by atoms with Gasteiger partial charge in [0.15, 0.2) is 5.82 Å². The maximum absolute atomic E-state index is 6.67. The minimum absolute atomic E-state index is 0.670. The number of hydrogen-bond donors (Lipinski definition) is 0. The number of pyridine rings is 1. The van der Waals surface area contributed by atoms with Crippen molar-refractivity contribution in [2.24, 2.45) is 0 Å². The van der Waals surface area contributed by atoms with E-state index in [1.54, 1.807) is 6.20 Å². The van der Waals surface area contributed by atoms with Crippen molar-refractivity contribution >= 4 is 43.9 Å². The van der Waals surface area contributed by atoms with E-state index in [-0.39, 0.29) is 0 Å². The maximum atomic E-state index is 6.67. The summed E-state index contributed by atoms with van der Waals surface area (Å²) in [6.45, 7) is 0. The fourth-order valence-electron chi connectivity index (χ4n) is 7.84. The van der Waals surface area contributed by atoms with Crippen molar-refractivity contribution in [1.82, 2.24) is 15.0 Å². The third-order valence-electron chi connectivity index (χ3n) is 10.6. The van der Waals surface area contributed by atoms with Crippen LogP contribution < -0.4 is 0 Å². The molecular formula is C51H31N3O2. The molecule has 0 spiro atoms. The molecule has 11 rings (SSSR count). The number of furan rings is 2. The first-order valence-electron chi connectivity index (χ1n) is 18.7. The number of hydrogen-bond acceptors (Lipinski definition) is 5. The van der Waals surface area contributed by atoms with Crippen LogP contribution in [-0.4, -0.2) is 15.0 Å². The quantitative estimate of drug-likeness (QED) is 0.171. The summed E-state index contributed by atoms with van der Waals surface area (Å²) in [5.74, 6) is 0.670. The Morgan fingerprint density at radius 1 is 0.357 bits per heavy atom. The van der Waals surface area contributed by atoms with Gasteiger partial charge in [-0.15, -0.1) is 0 Å². The molecule has 0 amide bonds. The molecule has 0 radical (unpaired) electrons. The standard InChI is InChI=1S/C51H31N3O2/c1-2-9-34(10-3-1)44-30-45(54-51(53-44)36-22-16-32(17-23-36)38-11-8-28-52-31-38)35-20-18-33(19-21-35)40-27-26-39(49-43-13-5-7-15-47(43)56-50(40)49)37-24-25-42-41-12-4-6-14-46(41)55-48(42)29-37/h1-31H. The molecule has 4 aromatic heterocycles. The number of rotatable bonds is 6. The summed E-state index contributed by atoms with van der Waals surface area (Å²) in [5.41, 5.74) is 14.6. The second-order valence-electron chi connectivity index (χ2n) is 14.0. The normalized spacial score (nSPS) is 11.6. The smallest absolute Gasteiger partial charge is 0.160 e. The van der Waals surface area contributed by atoms with Gasteiger partial charge in [-0.05, 0) is 70.3 Å². The second-order valence-corrected chi connectivity index (χ2v) is 14.0. The first-order chi connectivity index (χ1) is 27.7. The molecule has 0 bridgehead atoms. The Labute approximate surface area is 322 Å². The Bertz CT molecular complexity index is 3220. The van der Waals surface area contributed by atoms with Gasteiger partial charge in [0.25, 0.3) is 0 Å². The highest BCUT2D eigenvalue weighted by atomic mass is 16.3. The van der Waals surface area contributed by atoms with Crippen molar-refractivity contribution in [3.63, 3.8) is 0 Å². The molecule has 0 N–H and O–H groups in total. The fraction of sp³-hybridized carbons (Fsp3) is 0. The lowest BCUT2D eigenvalue weighted by Gasteiger charge is -2.11. The molecule has 11 aromatic rings. The molecule has 0 aliphatic carbocycles. The average Bonchev–Trinajstić information content (AvgIpc) is 3.85. The van der Waals surface area contributed by atoms with Crippen molar-refractivity contribution < 1.29 is 8.83 Å². The van der Waals surface area contributed by atoms with Gasteiger partial charge in [-0.2, -0.15) is 0 Å². The zero-order chi connectivity index (χ0) is 37.0. The number of aromatic nitrogens is 3. The van der Waals surface area contributed by atoms with E-state index in [0.29, 0.717) is 5.82 Å². The van der Waals surface area contributed by atoms with E-state index in [9.17, 15) is 0 Å². The summed E-state index contributed by atoms with van der Waals surface area (Å²) in [7, 11) is 0. The molecule has 0 saturated carbocycles.